The molecule has 3 heterocycles. The number of rotatable bonds is 3. The molecule has 0 amide bonds. The summed E-state index contributed by atoms with van der Waals surface area (Å²) in [5, 5.41) is 6.55. The van der Waals surface area contributed by atoms with Gasteiger partial charge in [0.2, 0.25) is 0 Å². The van der Waals surface area contributed by atoms with Crippen LogP contribution in [0.1, 0.15) is 11.3 Å². The summed E-state index contributed by atoms with van der Waals surface area (Å²) in [6.45, 7) is 2.94. The summed E-state index contributed by atoms with van der Waals surface area (Å²) in [6, 6.07) is 5.78. The van der Waals surface area contributed by atoms with E-state index in [9.17, 15) is 13.2 Å². The van der Waals surface area contributed by atoms with Crippen molar-refractivity contribution in [1.29, 1.82) is 0 Å². The van der Waals surface area contributed by atoms with Crippen LogP contribution >= 0.6 is 0 Å². The second kappa shape index (κ2) is 7.85. The van der Waals surface area contributed by atoms with E-state index in [4.69, 9.17) is 0 Å². The van der Waals surface area contributed by atoms with Crippen LogP contribution in [0.15, 0.2) is 35.6 Å². The molecule has 1 fully saturated rings. The lowest BCUT2D eigenvalue weighted by atomic mass is 10.2. The maximum absolute atomic E-state index is 13.1. The van der Waals surface area contributed by atoms with E-state index in [1.54, 1.807) is 13.2 Å². The average molecular weight is 381 g/mol. The topological polar surface area (TPSA) is 61.6 Å². The molecular formula is C17H22F3N7. The van der Waals surface area contributed by atoms with Gasteiger partial charge in [0.05, 0.1) is 0 Å². The Morgan fingerprint density at radius 1 is 1.22 bits per heavy atom. The van der Waals surface area contributed by atoms with Gasteiger partial charge in [0, 0.05) is 64.8 Å². The molecule has 0 aliphatic carbocycles. The van der Waals surface area contributed by atoms with Gasteiger partial charge in [-0.05, 0) is 12.1 Å². The highest BCUT2D eigenvalue weighted by atomic mass is 19.4. The first kappa shape index (κ1) is 19.0. The van der Waals surface area contributed by atoms with Gasteiger partial charge in [-0.1, -0.05) is 6.07 Å². The molecule has 0 aromatic carbocycles. The Morgan fingerprint density at radius 2 is 1.96 bits per heavy atom. The van der Waals surface area contributed by atoms with E-state index in [2.05, 4.69) is 25.3 Å². The quantitative estimate of drug-likeness (QED) is 0.648. The minimum Gasteiger partial charge on any atom is -0.353 e. The van der Waals surface area contributed by atoms with Crippen molar-refractivity contribution in [2.75, 3.05) is 38.1 Å². The summed E-state index contributed by atoms with van der Waals surface area (Å²) >= 11 is 0. The number of guanidine groups is 1. The lowest BCUT2D eigenvalue weighted by Crippen LogP contribution is -2.52. The normalized spacial score (nSPS) is 16.0. The van der Waals surface area contributed by atoms with Gasteiger partial charge in [0.15, 0.2) is 11.7 Å². The molecule has 0 spiro atoms. The fourth-order valence-electron chi connectivity index (χ4n) is 3.10. The van der Waals surface area contributed by atoms with Gasteiger partial charge in [0.25, 0.3) is 0 Å². The second-order valence-electron chi connectivity index (χ2n) is 6.24. The average Bonchev–Trinajstić information content (AvgIpc) is 3.05. The molecule has 0 atom stereocenters. The molecule has 1 aliphatic heterocycles. The van der Waals surface area contributed by atoms with Crippen LogP contribution in [0.4, 0.5) is 19.0 Å². The number of hydrogen-bond acceptors (Lipinski definition) is 4. The van der Waals surface area contributed by atoms with Crippen LogP contribution in [-0.2, 0) is 19.8 Å². The van der Waals surface area contributed by atoms with E-state index in [0.717, 1.165) is 18.9 Å². The Balaban J connectivity index is 1.60. The molecule has 2 aromatic heterocycles. The molecule has 2 aromatic rings. The summed E-state index contributed by atoms with van der Waals surface area (Å²) in [5.41, 5.74) is -0.772. The van der Waals surface area contributed by atoms with Gasteiger partial charge < -0.3 is 15.1 Å². The Morgan fingerprint density at radius 3 is 2.56 bits per heavy atom. The van der Waals surface area contributed by atoms with Crippen LogP contribution in [0.3, 0.4) is 0 Å². The fraction of sp³-hybridized carbons (Fsp3) is 0.471. The SMILES string of the molecule is CN=C(NCc1cn(C)nc1C(F)(F)F)N1CCN(c2ccccn2)CC1. The molecule has 0 saturated carbocycles. The van der Waals surface area contributed by atoms with Crippen molar-refractivity contribution in [2.45, 2.75) is 12.7 Å². The van der Waals surface area contributed by atoms with Crippen molar-refractivity contribution in [3.8, 4) is 0 Å². The van der Waals surface area contributed by atoms with Crippen molar-refractivity contribution < 1.29 is 13.2 Å². The number of hydrogen-bond donors (Lipinski definition) is 1. The second-order valence-corrected chi connectivity index (χ2v) is 6.24. The van der Waals surface area contributed by atoms with Crippen molar-refractivity contribution in [1.82, 2.24) is 25.0 Å². The number of alkyl halides is 3. The van der Waals surface area contributed by atoms with Crippen molar-refractivity contribution in [2.24, 2.45) is 12.0 Å². The van der Waals surface area contributed by atoms with Crippen LogP contribution in [0.5, 0.6) is 0 Å². The maximum atomic E-state index is 13.1. The third-order valence-electron chi connectivity index (χ3n) is 4.37. The van der Waals surface area contributed by atoms with E-state index >= 15 is 0 Å². The van der Waals surface area contributed by atoms with Gasteiger partial charge in [0.1, 0.15) is 5.82 Å². The Hall–Kier alpha value is -2.78. The van der Waals surface area contributed by atoms with E-state index in [1.807, 2.05) is 23.1 Å². The van der Waals surface area contributed by atoms with Gasteiger partial charge in [-0.25, -0.2) is 4.98 Å². The predicted molar refractivity (Wildman–Crippen MR) is 96.4 cm³/mol. The van der Waals surface area contributed by atoms with E-state index in [0.29, 0.717) is 19.0 Å². The Labute approximate surface area is 155 Å². The molecule has 27 heavy (non-hydrogen) atoms. The number of aryl methyl sites for hydroxylation is 1. The smallest absolute Gasteiger partial charge is 0.353 e. The predicted octanol–water partition coefficient (Wildman–Crippen LogP) is 1.73. The van der Waals surface area contributed by atoms with Crippen LogP contribution in [0, 0.1) is 0 Å². The minimum atomic E-state index is -4.48. The number of piperazine rings is 1. The number of anilines is 1. The highest BCUT2D eigenvalue weighted by Crippen LogP contribution is 2.30. The Bertz CT molecular complexity index is 778. The number of pyridine rings is 1. The molecule has 10 heteroatoms. The molecule has 7 nitrogen and oxygen atoms in total. The lowest BCUT2D eigenvalue weighted by molar-refractivity contribution is -0.142. The monoisotopic (exact) mass is 381 g/mol. The number of nitrogens with one attached hydrogen (secondary N) is 1. The van der Waals surface area contributed by atoms with Crippen LogP contribution in [0.25, 0.3) is 0 Å². The summed E-state index contributed by atoms with van der Waals surface area (Å²) in [7, 11) is 3.10. The fourth-order valence-corrected chi connectivity index (χ4v) is 3.10. The third-order valence-corrected chi connectivity index (χ3v) is 4.37. The molecule has 3 rings (SSSR count). The molecule has 0 radical (unpaired) electrons. The first-order valence-corrected chi connectivity index (χ1v) is 8.60. The summed E-state index contributed by atoms with van der Waals surface area (Å²) < 4.78 is 40.4. The molecule has 1 N–H and O–H groups in total. The molecule has 0 bridgehead atoms. The van der Waals surface area contributed by atoms with Crippen LogP contribution in [-0.4, -0.2) is 58.9 Å². The minimum absolute atomic E-state index is 0.00973. The van der Waals surface area contributed by atoms with Crippen LogP contribution in [0.2, 0.25) is 0 Å². The van der Waals surface area contributed by atoms with E-state index < -0.39 is 11.9 Å². The molecule has 1 saturated heterocycles. The summed E-state index contributed by atoms with van der Waals surface area (Å²) in [4.78, 5) is 12.8. The number of halogens is 3. The van der Waals surface area contributed by atoms with Gasteiger partial charge >= 0.3 is 6.18 Å². The maximum Gasteiger partial charge on any atom is 0.435 e. The van der Waals surface area contributed by atoms with E-state index in [1.165, 1.54) is 17.9 Å². The zero-order valence-electron chi connectivity index (χ0n) is 15.2. The number of aliphatic imine (C=N–C) groups is 1. The summed E-state index contributed by atoms with van der Waals surface area (Å²) in [6.07, 6.45) is -1.34. The van der Waals surface area contributed by atoms with Crippen molar-refractivity contribution in [3.05, 3.63) is 41.9 Å². The van der Waals surface area contributed by atoms with Gasteiger partial charge in [-0.15, -0.1) is 0 Å². The lowest BCUT2D eigenvalue weighted by Gasteiger charge is -2.37. The van der Waals surface area contributed by atoms with Gasteiger partial charge in [-0.3, -0.25) is 9.67 Å². The highest BCUT2D eigenvalue weighted by molar-refractivity contribution is 5.80. The van der Waals surface area contributed by atoms with Crippen LogP contribution < -0.4 is 10.2 Å². The van der Waals surface area contributed by atoms with Crippen molar-refractivity contribution in [3.63, 3.8) is 0 Å². The molecule has 0 unspecified atom stereocenters. The first-order valence-electron chi connectivity index (χ1n) is 8.60. The standard InChI is InChI=1S/C17H22F3N7/c1-21-16(23-11-13-12-25(2)24-15(13)17(18,19)20)27-9-7-26(8-10-27)14-5-3-4-6-22-14/h3-6,12H,7-11H2,1-2H3,(H,21,23). The number of nitrogens with zero attached hydrogens (tertiary/aromatic N) is 6. The molecular weight excluding hydrogens is 359 g/mol. The largest absolute Gasteiger partial charge is 0.435 e. The zero-order chi connectivity index (χ0) is 19.4. The molecule has 146 valence electrons. The number of aromatic nitrogens is 3. The summed E-state index contributed by atoms with van der Waals surface area (Å²) in [5.74, 6) is 1.50. The highest BCUT2D eigenvalue weighted by Gasteiger charge is 2.36. The molecule has 1 aliphatic rings. The van der Waals surface area contributed by atoms with Gasteiger partial charge in [-0.2, -0.15) is 18.3 Å². The third kappa shape index (κ3) is 4.50. The van der Waals surface area contributed by atoms with Crippen molar-refractivity contribution >= 4 is 11.8 Å². The first-order chi connectivity index (χ1) is 12.9. The zero-order valence-corrected chi connectivity index (χ0v) is 15.2. The Kier molecular flexibility index (Phi) is 5.52. The van der Waals surface area contributed by atoms with E-state index in [-0.39, 0.29) is 12.1 Å².